The average molecular weight is 314 g/mol. The number of hydrogen-bond acceptors (Lipinski definition) is 4. The summed E-state index contributed by atoms with van der Waals surface area (Å²) >= 11 is 3.44. The largest absolute Gasteiger partial charge is 0.311 e. The van der Waals surface area contributed by atoms with Gasteiger partial charge in [0, 0.05) is 12.2 Å². The normalized spacial score (nSPS) is 13.2. The Balaban J connectivity index is 2.78. The Bertz CT molecular complexity index is 630. The highest BCUT2D eigenvalue weighted by Crippen LogP contribution is 2.26. The molecule has 0 aliphatic rings. The Hall–Kier alpha value is -1.34. The summed E-state index contributed by atoms with van der Waals surface area (Å²) in [4.78, 5) is 12.5. The second-order valence-electron chi connectivity index (χ2n) is 4.64. The van der Waals surface area contributed by atoms with Gasteiger partial charge in [-0.1, -0.05) is 13.8 Å². The summed E-state index contributed by atoms with van der Waals surface area (Å²) in [6.45, 7) is 6.17. The lowest BCUT2D eigenvalue weighted by molar-refractivity contribution is 0.399. The van der Waals surface area contributed by atoms with Gasteiger partial charge < -0.3 is 9.99 Å². The SMILES string of the molecule is CC(C)[C@H](C)n1cc(Br)c2[nH]nc(NN)c2c1=O. The van der Waals surface area contributed by atoms with Crippen LogP contribution in [0.15, 0.2) is 15.5 Å². The molecular formula is C11H16BrN5O. The quantitative estimate of drug-likeness (QED) is 0.597. The minimum Gasteiger partial charge on any atom is -0.311 e. The van der Waals surface area contributed by atoms with Crippen molar-refractivity contribution < 1.29 is 0 Å². The van der Waals surface area contributed by atoms with E-state index in [2.05, 4.69) is 45.4 Å². The maximum Gasteiger partial charge on any atom is 0.264 e. The fourth-order valence-corrected chi connectivity index (χ4v) is 2.33. The van der Waals surface area contributed by atoms with Crippen molar-refractivity contribution in [1.29, 1.82) is 0 Å². The molecule has 6 nitrogen and oxygen atoms in total. The lowest BCUT2D eigenvalue weighted by atomic mass is 10.1. The van der Waals surface area contributed by atoms with E-state index < -0.39 is 0 Å². The summed E-state index contributed by atoms with van der Waals surface area (Å²) in [6.07, 6.45) is 1.79. The third kappa shape index (κ3) is 1.93. The minimum absolute atomic E-state index is 0.0960. The Morgan fingerprint density at radius 1 is 1.50 bits per heavy atom. The molecule has 2 aromatic rings. The van der Waals surface area contributed by atoms with Gasteiger partial charge in [0.05, 0.1) is 9.99 Å². The van der Waals surface area contributed by atoms with Crippen LogP contribution >= 0.6 is 15.9 Å². The fraction of sp³-hybridized carbons (Fsp3) is 0.455. The molecule has 0 unspecified atom stereocenters. The molecule has 18 heavy (non-hydrogen) atoms. The van der Waals surface area contributed by atoms with Crippen molar-refractivity contribution in [3.63, 3.8) is 0 Å². The van der Waals surface area contributed by atoms with E-state index in [1.807, 2.05) is 6.92 Å². The van der Waals surface area contributed by atoms with E-state index in [9.17, 15) is 4.79 Å². The third-order valence-electron chi connectivity index (χ3n) is 3.25. The number of aromatic amines is 1. The van der Waals surface area contributed by atoms with E-state index in [0.29, 0.717) is 22.6 Å². The highest BCUT2D eigenvalue weighted by molar-refractivity contribution is 9.10. The number of pyridine rings is 1. The zero-order valence-electron chi connectivity index (χ0n) is 10.5. The van der Waals surface area contributed by atoms with E-state index in [1.165, 1.54) is 0 Å². The molecule has 2 heterocycles. The van der Waals surface area contributed by atoms with Crippen LogP contribution in [0, 0.1) is 5.92 Å². The number of rotatable bonds is 3. The van der Waals surface area contributed by atoms with Gasteiger partial charge in [-0.15, -0.1) is 0 Å². The van der Waals surface area contributed by atoms with Gasteiger partial charge in [-0.2, -0.15) is 5.10 Å². The predicted molar refractivity (Wildman–Crippen MR) is 75.4 cm³/mol. The summed E-state index contributed by atoms with van der Waals surface area (Å²) < 4.78 is 2.49. The number of hydrazine groups is 1. The number of H-pyrrole nitrogens is 1. The van der Waals surface area contributed by atoms with Gasteiger partial charge in [0.15, 0.2) is 5.82 Å². The lowest BCUT2D eigenvalue weighted by Gasteiger charge is -2.19. The Morgan fingerprint density at radius 2 is 2.17 bits per heavy atom. The Labute approximate surface area is 113 Å². The minimum atomic E-state index is -0.101. The first-order valence-electron chi connectivity index (χ1n) is 5.72. The van der Waals surface area contributed by atoms with Crippen molar-refractivity contribution in [1.82, 2.24) is 14.8 Å². The van der Waals surface area contributed by atoms with E-state index in [1.54, 1.807) is 10.8 Å². The fourth-order valence-electron chi connectivity index (χ4n) is 1.83. The molecule has 0 aliphatic carbocycles. The number of nitrogen functional groups attached to an aromatic ring is 1. The maximum absolute atomic E-state index is 12.5. The van der Waals surface area contributed by atoms with Crippen LogP contribution in [0.1, 0.15) is 26.8 Å². The molecule has 0 saturated carbocycles. The zero-order valence-corrected chi connectivity index (χ0v) is 12.1. The molecular weight excluding hydrogens is 298 g/mol. The van der Waals surface area contributed by atoms with E-state index in [-0.39, 0.29) is 11.6 Å². The van der Waals surface area contributed by atoms with Crippen LogP contribution in [-0.2, 0) is 0 Å². The van der Waals surface area contributed by atoms with Gasteiger partial charge in [0.1, 0.15) is 5.39 Å². The summed E-state index contributed by atoms with van der Waals surface area (Å²) in [5.74, 6) is 6.09. The molecule has 2 rings (SSSR count). The molecule has 0 fully saturated rings. The monoisotopic (exact) mass is 313 g/mol. The van der Waals surface area contributed by atoms with Crippen LogP contribution in [0.2, 0.25) is 0 Å². The Kier molecular flexibility index (Phi) is 3.45. The molecule has 0 saturated heterocycles. The number of anilines is 1. The van der Waals surface area contributed by atoms with E-state index in [0.717, 1.165) is 4.47 Å². The molecule has 0 bridgehead atoms. The van der Waals surface area contributed by atoms with E-state index >= 15 is 0 Å². The molecule has 0 aliphatic heterocycles. The molecule has 0 radical (unpaired) electrons. The summed E-state index contributed by atoms with van der Waals surface area (Å²) in [5.41, 5.74) is 2.99. The molecule has 0 spiro atoms. The standard InChI is InChI=1S/C11H16BrN5O/c1-5(2)6(3)17-4-7(12)9-8(11(17)18)10(14-13)16-15-9/h4-6H,13H2,1-3H3,(H2,14,15,16)/t6-/m0/s1. The van der Waals surface area contributed by atoms with Crippen molar-refractivity contribution in [3.8, 4) is 0 Å². The topological polar surface area (TPSA) is 88.7 Å². The van der Waals surface area contributed by atoms with Gasteiger partial charge >= 0.3 is 0 Å². The second-order valence-corrected chi connectivity index (χ2v) is 5.49. The summed E-state index contributed by atoms with van der Waals surface area (Å²) in [7, 11) is 0. The molecule has 7 heteroatoms. The van der Waals surface area contributed by atoms with Gasteiger partial charge in [-0.25, -0.2) is 5.84 Å². The van der Waals surface area contributed by atoms with E-state index in [4.69, 9.17) is 5.84 Å². The average Bonchev–Trinajstić information content (AvgIpc) is 2.77. The number of fused-ring (bicyclic) bond motifs is 1. The summed E-state index contributed by atoms with van der Waals surface area (Å²) in [6, 6.07) is 0.0960. The van der Waals surface area contributed by atoms with Crippen LogP contribution in [0.4, 0.5) is 5.82 Å². The van der Waals surface area contributed by atoms with Crippen molar-refractivity contribution in [3.05, 3.63) is 21.0 Å². The van der Waals surface area contributed by atoms with Crippen LogP contribution in [0.25, 0.3) is 10.9 Å². The highest BCUT2D eigenvalue weighted by atomic mass is 79.9. The van der Waals surface area contributed by atoms with Gasteiger partial charge in [0.25, 0.3) is 5.56 Å². The number of hydrogen-bond donors (Lipinski definition) is 3. The van der Waals surface area contributed by atoms with Crippen molar-refractivity contribution in [2.45, 2.75) is 26.8 Å². The first-order chi connectivity index (χ1) is 8.47. The zero-order chi connectivity index (χ0) is 13.4. The molecule has 0 amide bonds. The molecule has 2 aromatic heterocycles. The van der Waals surface area contributed by atoms with Crippen molar-refractivity contribution in [2.24, 2.45) is 11.8 Å². The number of halogens is 1. The van der Waals surface area contributed by atoms with Crippen LogP contribution in [0.5, 0.6) is 0 Å². The van der Waals surface area contributed by atoms with Crippen LogP contribution in [-0.4, -0.2) is 14.8 Å². The Morgan fingerprint density at radius 3 is 2.72 bits per heavy atom. The third-order valence-corrected chi connectivity index (χ3v) is 3.85. The summed E-state index contributed by atoms with van der Waals surface area (Å²) in [5, 5.41) is 7.24. The number of nitrogens with zero attached hydrogens (tertiary/aromatic N) is 2. The number of nitrogens with one attached hydrogen (secondary N) is 2. The number of aromatic nitrogens is 3. The molecule has 1 atom stereocenters. The van der Waals surface area contributed by atoms with Crippen molar-refractivity contribution >= 4 is 32.7 Å². The lowest BCUT2D eigenvalue weighted by Crippen LogP contribution is -2.26. The van der Waals surface area contributed by atoms with Crippen LogP contribution in [0.3, 0.4) is 0 Å². The molecule has 0 aromatic carbocycles. The maximum atomic E-state index is 12.5. The first-order valence-corrected chi connectivity index (χ1v) is 6.52. The smallest absolute Gasteiger partial charge is 0.264 e. The van der Waals surface area contributed by atoms with Gasteiger partial charge in [-0.3, -0.25) is 9.89 Å². The second kappa shape index (κ2) is 4.74. The van der Waals surface area contributed by atoms with Gasteiger partial charge in [-0.05, 0) is 28.8 Å². The molecule has 4 N–H and O–H groups in total. The molecule has 98 valence electrons. The highest BCUT2D eigenvalue weighted by Gasteiger charge is 2.18. The van der Waals surface area contributed by atoms with Gasteiger partial charge in [0.2, 0.25) is 0 Å². The van der Waals surface area contributed by atoms with Crippen LogP contribution < -0.4 is 16.8 Å². The predicted octanol–water partition coefficient (Wildman–Crippen LogP) is 1.99. The van der Waals surface area contributed by atoms with Crippen molar-refractivity contribution in [2.75, 3.05) is 5.43 Å². The number of nitrogens with two attached hydrogens (primary N) is 1. The first kappa shape index (κ1) is 13.1.